The van der Waals surface area contributed by atoms with Crippen LogP contribution in [0.25, 0.3) is 0 Å². The van der Waals surface area contributed by atoms with Crippen LogP contribution in [0.4, 0.5) is 0 Å². The Labute approximate surface area is 69.5 Å². The Morgan fingerprint density at radius 1 is 1.67 bits per heavy atom. The van der Waals surface area contributed by atoms with Crippen LogP contribution >= 0.6 is 0 Å². The average molecular weight is 170 g/mol. The third kappa shape index (κ3) is 2.10. The van der Waals surface area contributed by atoms with Gasteiger partial charge in [-0.2, -0.15) is 0 Å². The van der Waals surface area contributed by atoms with Crippen LogP contribution in [0.15, 0.2) is 24.0 Å². The van der Waals surface area contributed by atoms with Crippen LogP contribution in [-0.2, 0) is 4.79 Å². The first-order valence-corrected chi connectivity index (χ1v) is 3.54. The summed E-state index contributed by atoms with van der Waals surface area (Å²) in [6.45, 7) is 0. The van der Waals surface area contributed by atoms with Gasteiger partial charge in [-0.15, -0.1) is 0 Å². The molecule has 0 fully saturated rings. The van der Waals surface area contributed by atoms with E-state index in [1.807, 2.05) is 0 Å². The number of carboxylic acids is 1. The fraction of sp³-hybridized carbons (Fsp3) is 0.375. The molecule has 0 saturated carbocycles. The van der Waals surface area contributed by atoms with Gasteiger partial charge >= 0.3 is 5.97 Å². The highest BCUT2D eigenvalue weighted by molar-refractivity contribution is 5.68. The molecule has 0 aliphatic heterocycles. The van der Waals surface area contributed by atoms with Crippen molar-refractivity contribution in [2.75, 3.05) is 0 Å². The van der Waals surface area contributed by atoms with Gasteiger partial charge < -0.3 is 15.3 Å². The van der Waals surface area contributed by atoms with E-state index in [9.17, 15) is 9.90 Å². The Morgan fingerprint density at radius 3 is 2.83 bits per heavy atom. The van der Waals surface area contributed by atoms with Crippen LogP contribution < -0.4 is 0 Å². The summed E-state index contributed by atoms with van der Waals surface area (Å²) in [5.74, 6) is -1.18. The molecule has 1 rings (SSSR count). The number of carbonyl (C=O) groups is 1. The molecule has 1 aliphatic carbocycles. The zero-order chi connectivity index (χ0) is 9.19. The van der Waals surface area contributed by atoms with Gasteiger partial charge in [-0.25, -0.2) is 0 Å². The molecule has 4 heteroatoms. The molecule has 1 unspecified atom stereocenters. The minimum atomic E-state index is -1.43. The topological polar surface area (TPSA) is 77.8 Å². The van der Waals surface area contributed by atoms with Crippen LogP contribution in [0.5, 0.6) is 0 Å². The largest absolute Gasteiger partial charge is 0.508 e. The molecular formula is C8H10O4. The van der Waals surface area contributed by atoms with Crippen molar-refractivity contribution in [1.82, 2.24) is 0 Å². The van der Waals surface area contributed by atoms with E-state index in [1.165, 1.54) is 12.2 Å². The molecule has 0 saturated heterocycles. The monoisotopic (exact) mass is 170 g/mol. The molecule has 0 aromatic rings. The van der Waals surface area contributed by atoms with Gasteiger partial charge in [-0.1, -0.05) is 6.08 Å². The predicted octanol–water partition coefficient (Wildman–Crippen LogP) is 0.594. The van der Waals surface area contributed by atoms with E-state index in [2.05, 4.69) is 0 Å². The molecule has 0 spiro atoms. The van der Waals surface area contributed by atoms with E-state index >= 15 is 0 Å². The second kappa shape index (κ2) is 2.98. The normalized spacial score (nSPS) is 28.2. The van der Waals surface area contributed by atoms with Crippen molar-refractivity contribution in [2.24, 2.45) is 0 Å². The summed E-state index contributed by atoms with van der Waals surface area (Å²) in [7, 11) is 0. The minimum absolute atomic E-state index is 0.0926. The number of aliphatic hydroxyl groups is 2. The van der Waals surface area contributed by atoms with Crippen molar-refractivity contribution in [1.29, 1.82) is 0 Å². The van der Waals surface area contributed by atoms with E-state index in [4.69, 9.17) is 10.2 Å². The first kappa shape index (κ1) is 8.80. The summed E-state index contributed by atoms with van der Waals surface area (Å²) in [6, 6.07) is 0. The highest BCUT2D eigenvalue weighted by Crippen LogP contribution is 2.23. The van der Waals surface area contributed by atoms with E-state index in [-0.39, 0.29) is 18.6 Å². The van der Waals surface area contributed by atoms with Gasteiger partial charge in [0.1, 0.15) is 11.4 Å². The van der Waals surface area contributed by atoms with Gasteiger partial charge in [0.05, 0.1) is 6.42 Å². The Morgan fingerprint density at radius 2 is 2.33 bits per heavy atom. The number of hydrogen-bond acceptors (Lipinski definition) is 3. The van der Waals surface area contributed by atoms with E-state index in [0.29, 0.717) is 0 Å². The maximum atomic E-state index is 10.3. The van der Waals surface area contributed by atoms with Crippen LogP contribution in [-0.4, -0.2) is 26.9 Å². The Bertz CT molecular complexity index is 254. The van der Waals surface area contributed by atoms with Gasteiger partial charge in [-0.3, -0.25) is 4.79 Å². The Kier molecular flexibility index (Phi) is 2.19. The Balaban J connectivity index is 2.73. The molecule has 66 valence electrons. The number of carboxylic acid groups (broad SMARTS) is 1. The van der Waals surface area contributed by atoms with E-state index in [0.717, 1.165) is 6.08 Å². The lowest BCUT2D eigenvalue weighted by molar-refractivity contribution is -0.140. The van der Waals surface area contributed by atoms with Crippen molar-refractivity contribution in [2.45, 2.75) is 18.4 Å². The zero-order valence-electron chi connectivity index (χ0n) is 6.40. The van der Waals surface area contributed by atoms with E-state index in [1.54, 1.807) is 0 Å². The number of aliphatic carboxylic acids is 1. The highest BCUT2D eigenvalue weighted by Gasteiger charge is 2.28. The van der Waals surface area contributed by atoms with Crippen LogP contribution in [0, 0.1) is 0 Å². The smallest absolute Gasteiger partial charge is 0.306 e. The SMILES string of the molecule is O=C(O)CC1(O)C=C(O)C=CC1. The summed E-state index contributed by atoms with van der Waals surface area (Å²) in [5.41, 5.74) is -1.43. The molecule has 0 aromatic carbocycles. The van der Waals surface area contributed by atoms with Crippen LogP contribution in [0.1, 0.15) is 12.8 Å². The van der Waals surface area contributed by atoms with Crippen molar-refractivity contribution < 1.29 is 20.1 Å². The maximum absolute atomic E-state index is 10.3. The summed E-state index contributed by atoms with van der Waals surface area (Å²) in [4.78, 5) is 10.3. The van der Waals surface area contributed by atoms with Gasteiger partial charge in [0.25, 0.3) is 0 Å². The molecule has 12 heavy (non-hydrogen) atoms. The lowest BCUT2D eigenvalue weighted by Gasteiger charge is -2.23. The first-order valence-electron chi connectivity index (χ1n) is 3.54. The van der Waals surface area contributed by atoms with Crippen molar-refractivity contribution in [3.8, 4) is 0 Å². The maximum Gasteiger partial charge on any atom is 0.306 e. The third-order valence-corrected chi connectivity index (χ3v) is 1.63. The fourth-order valence-electron chi connectivity index (χ4n) is 1.15. The number of hydrogen-bond donors (Lipinski definition) is 3. The molecular weight excluding hydrogens is 160 g/mol. The van der Waals surface area contributed by atoms with Gasteiger partial charge in [0, 0.05) is 0 Å². The van der Waals surface area contributed by atoms with Crippen LogP contribution in [0.3, 0.4) is 0 Å². The molecule has 3 N–H and O–H groups in total. The molecule has 0 amide bonds. The summed E-state index contributed by atoms with van der Waals surface area (Å²) in [6.07, 6.45) is 3.96. The van der Waals surface area contributed by atoms with E-state index < -0.39 is 11.6 Å². The van der Waals surface area contributed by atoms with Gasteiger partial charge in [0.2, 0.25) is 0 Å². The minimum Gasteiger partial charge on any atom is -0.508 e. The summed E-state index contributed by atoms with van der Waals surface area (Å²) < 4.78 is 0. The molecule has 1 atom stereocenters. The van der Waals surface area contributed by atoms with Crippen molar-refractivity contribution in [3.05, 3.63) is 24.0 Å². The molecule has 1 aliphatic rings. The molecule has 0 radical (unpaired) electrons. The highest BCUT2D eigenvalue weighted by atomic mass is 16.4. The lowest BCUT2D eigenvalue weighted by atomic mass is 9.91. The fourth-order valence-corrected chi connectivity index (χ4v) is 1.15. The average Bonchev–Trinajstić information content (AvgIpc) is 1.82. The first-order chi connectivity index (χ1) is 5.52. The van der Waals surface area contributed by atoms with Crippen LogP contribution in [0.2, 0.25) is 0 Å². The second-order valence-electron chi connectivity index (χ2n) is 2.85. The quantitative estimate of drug-likeness (QED) is 0.567. The predicted molar refractivity (Wildman–Crippen MR) is 41.7 cm³/mol. The summed E-state index contributed by atoms with van der Waals surface area (Å²) >= 11 is 0. The number of rotatable bonds is 2. The molecule has 0 aromatic heterocycles. The lowest BCUT2D eigenvalue weighted by Crippen LogP contribution is -2.30. The summed E-state index contributed by atoms with van der Waals surface area (Å²) in [5, 5.41) is 26.9. The molecule has 0 bridgehead atoms. The third-order valence-electron chi connectivity index (χ3n) is 1.63. The number of aliphatic hydroxyl groups excluding tert-OH is 1. The standard InChI is InChI=1S/C8H10O4/c9-6-2-1-3-8(12,4-6)5-7(10)11/h1-2,4,9,12H,3,5H2,(H,10,11). The Hall–Kier alpha value is -1.29. The molecule has 0 heterocycles. The van der Waals surface area contributed by atoms with Crippen molar-refractivity contribution >= 4 is 5.97 Å². The zero-order valence-corrected chi connectivity index (χ0v) is 6.40. The van der Waals surface area contributed by atoms with Crippen molar-refractivity contribution in [3.63, 3.8) is 0 Å². The molecule has 4 nitrogen and oxygen atoms in total. The number of allylic oxidation sites excluding steroid dienone is 1. The van der Waals surface area contributed by atoms with Gasteiger partial charge in [0.15, 0.2) is 0 Å². The van der Waals surface area contributed by atoms with Gasteiger partial charge in [-0.05, 0) is 18.6 Å². The second-order valence-corrected chi connectivity index (χ2v) is 2.85.